The molecule has 0 spiro atoms. The number of carbonyl (C=O) groups is 3. The Labute approximate surface area is 137 Å². The summed E-state index contributed by atoms with van der Waals surface area (Å²) in [6, 6.07) is 4.70. The average Bonchev–Trinajstić information content (AvgIpc) is 2.86. The number of hydrogen-bond acceptors (Lipinski definition) is 5. The second-order valence-corrected chi connectivity index (χ2v) is 6.64. The molecule has 1 unspecified atom stereocenters. The highest BCUT2D eigenvalue weighted by atomic mass is 35.5. The van der Waals surface area contributed by atoms with E-state index in [2.05, 4.69) is 4.74 Å². The van der Waals surface area contributed by atoms with Crippen molar-refractivity contribution in [3.8, 4) is 0 Å². The fourth-order valence-corrected chi connectivity index (χ4v) is 3.24. The minimum absolute atomic E-state index is 0.0385. The molecule has 1 aliphatic heterocycles. The quantitative estimate of drug-likeness (QED) is 0.788. The molecule has 118 valence electrons. The normalized spacial score (nSPS) is 17.7. The number of benzene rings is 1. The lowest BCUT2D eigenvalue weighted by Crippen LogP contribution is -2.25. The molecule has 0 saturated carbocycles. The molecule has 0 radical (unpaired) electrons. The maximum Gasteiger partial charge on any atom is 0.337 e. The average molecular weight is 342 g/mol. The first-order chi connectivity index (χ1) is 10.4. The van der Waals surface area contributed by atoms with Gasteiger partial charge in [-0.1, -0.05) is 23.4 Å². The van der Waals surface area contributed by atoms with Gasteiger partial charge in [0, 0.05) is 25.6 Å². The van der Waals surface area contributed by atoms with Crippen LogP contribution in [-0.2, 0) is 14.3 Å². The molecule has 1 heterocycles. The fourth-order valence-electron chi connectivity index (χ4n) is 2.33. The first kappa shape index (κ1) is 16.8. The molecule has 2 rings (SSSR count). The molecule has 0 N–H and O–H groups in total. The third kappa shape index (κ3) is 3.81. The summed E-state index contributed by atoms with van der Waals surface area (Å²) < 4.78 is 4.68. The number of ether oxygens (including phenoxy) is 1. The minimum atomic E-state index is -0.478. The Morgan fingerprint density at radius 1 is 1.45 bits per heavy atom. The van der Waals surface area contributed by atoms with E-state index in [1.807, 2.05) is 0 Å². The molecule has 22 heavy (non-hydrogen) atoms. The van der Waals surface area contributed by atoms with Gasteiger partial charge in [0.1, 0.15) is 0 Å². The molecule has 1 aromatic carbocycles. The highest BCUT2D eigenvalue weighted by molar-refractivity contribution is 8.13. The Kier molecular flexibility index (Phi) is 5.47. The molecule has 1 aromatic rings. The van der Waals surface area contributed by atoms with Gasteiger partial charge in [0.05, 0.1) is 23.4 Å². The molecular weight excluding hydrogens is 326 g/mol. The van der Waals surface area contributed by atoms with Gasteiger partial charge < -0.3 is 9.64 Å². The third-order valence-corrected chi connectivity index (χ3v) is 4.75. The minimum Gasteiger partial charge on any atom is -0.465 e. The van der Waals surface area contributed by atoms with E-state index in [1.54, 1.807) is 23.1 Å². The zero-order chi connectivity index (χ0) is 16.3. The maximum absolute atomic E-state index is 12.2. The van der Waals surface area contributed by atoms with Gasteiger partial charge in [-0.25, -0.2) is 4.79 Å². The van der Waals surface area contributed by atoms with Crippen molar-refractivity contribution in [3.05, 3.63) is 28.8 Å². The highest BCUT2D eigenvalue weighted by Crippen LogP contribution is 2.33. The SMILES string of the molecule is COC(=O)c1ccc(Cl)c(N2CC(CSC(C)=O)CC2=O)c1. The second kappa shape index (κ2) is 7.15. The van der Waals surface area contributed by atoms with Gasteiger partial charge in [0.15, 0.2) is 5.12 Å². The first-order valence-corrected chi connectivity index (χ1v) is 8.10. The number of thioether (sulfide) groups is 1. The number of esters is 1. The van der Waals surface area contributed by atoms with Crippen LogP contribution in [0, 0.1) is 5.92 Å². The first-order valence-electron chi connectivity index (χ1n) is 6.74. The molecule has 1 saturated heterocycles. The lowest BCUT2D eigenvalue weighted by atomic mass is 10.1. The van der Waals surface area contributed by atoms with Crippen LogP contribution in [0.1, 0.15) is 23.7 Å². The van der Waals surface area contributed by atoms with Gasteiger partial charge in [-0.05, 0) is 24.1 Å². The van der Waals surface area contributed by atoms with E-state index in [9.17, 15) is 14.4 Å². The van der Waals surface area contributed by atoms with Gasteiger partial charge in [0.2, 0.25) is 5.91 Å². The van der Waals surface area contributed by atoms with E-state index >= 15 is 0 Å². The predicted molar refractivity (Wildman–Crippen MR) is 86.4 cm³/mol. The summed E-state index contributed by atoms with van der Waals surface area (Å²) in [4.78, 5) is 36.4. The number of carbonyl (C=O) groups excluding carboxylic acids is 3. The number of nitrogens with zero attached hydrogens (tertiary/aromatic N) is 1. The summed E-state index contributed by atoms with van der Waals surface area (Å²) in [5.41, 5.74) is 0.848. The van der Waals surface area contributed by atoms with Crippen molar-refractivity contribution in [2.24, 2.45) is 5.92 Å². The van der Waals surface area contributed by atoms with E-state index in [0.29, 0.717) is 35.0 Å². The predicted octanol–water partition coefficient (Wildman–Crippen LogP) is 2.76. The van der Waals surface area contributed by atoms with Gasteiger partial charge >= 0.3 is 5.97 Å². The van der Waals surface area contributed by atoms with Crippen LogP contribution < -0.4 is 4.90 Å². The summed E-state index contributed by atoms with van der Waals surface area (Å²) in [7, 11) is 1.30. The molecule has 7 heteroatoms. The van der Waals surface area contributed by atoms with Crippen LogP contribution in [0.5, 0.6) is 0 Å². The van der Waals surface area contributed by atoms with E-state index in [4.69, 9.17) is 11.6 Å². The number of methoxy groups -OCH3 is 1. The van der Waals surface area contributed by atoms with E-state index in [1.165, 1.54) is 25.8 Å². The van der Waals surface area contributed by atoms with Crippen LogP contribution in [0.4, 0.5) is 5.69 Å². The van der Waals surface area contributed by atoms with Crippen LogP contribution in [0.15, 0.2) is 18.2 Å². The van der Waals surface area contributed by atoms with Gasteiger partial charge in [-0.2, -0.15) is 0 Å². The standard InChI is InChI=1S/C15H16ClNO4S/c1-9(18)22-8-10-5-14(19)17(7-10)13-6-11(15(20)21-2)3-4-12(13)16/h3-4,6,10H,5,7-8H2,1-2H3. The molecule has 1 aliphatic rings. The molecule has 5 nitrogen and oxygen atoms in total. The monoisotopic (exact) mass is 341 g/mol. The molecule has 0 bridgehead atoms. The summed E-state index contributed by atoms with van der Waals surface area (Å²) in [6.07, 6.45) is 0.374. The van der Waals surface area contributed by atoms with Crippen LogP contribution in [-0.4, -0.2) is 36.4 Å². The van der Waals surface area contributed by atoms with E-state index in [-0.39, 0.29) is 16.9 Å². The van der Waals surface area contributed by atoms with Crippen LogP contribution in [0.25, 0.3) is 0 Å². The third-order valence-electron chi connectivity index (χ3n) is 3.39. The number of amides is 1. The van der Waals surface area contributed by atoms with E-state index in [0.717, 1.165) is 0 Å². The van der Waals surface area contributed by atoms with Crippen molar-refractivity contribution in [1.82, 2.24) is 0 Å². The lowest BCUT2D eigenvalue weighted by Gasteiger charge is -2.19. The number of anilines is 1. The fraction of sp³-hybridized carbons (Fsp3) is 0.400. The molecule has 1 atom stereocenters. The topological polar surface area (TPSA) is 63.7 Å². The number of rotatable bonds is 4. The zero-order valence-corrected chi connectivity index (χ0v) is 13.9. The molecule has 1 fully saturated rings. The maximum atomic E-state index is 12.2. The smallest absolute Gasteiger partial charge is 0.337 e. The van der Waals surface area contributed by atoms with Crippen LogP contribution in [0.3, 0.4) is 0 Å². The Bertz CT molecular complexity index is 620. The van der Waals surface area contributed by atoms with Crippen molar-refractivity contribution >= 4 is 46.0 Å². The molecular formula is C15H16ClNO4S. The van der Waals surface area contributed by atoms with Gasteiger partial charge in [0.25, 0.3) is 0 Å². The summed E-state index contributed by atoms with van der Waals surface area (Å²) >= 11 is 7.38. The second-order valence-electron chi connectivity index (χ2n) is 5.03. The van der Waals surface area contributed by atoms with Crippen LogP contribution in [0.2, 0.25) is 5.02 Å². The molecule has 0 aromatic heterocycles. The van der Waals surface area contributed by atoms with Crippen LogP contribution >= 0.6 is 23.4 Å². The highest BCUT2D eigenvalue weighted by Gasteiger charge is 2.32. The number of halogens is 1. The van der Waals surface area contributed by atoms with Crippen molar-refractivity contribution < 1.29 is 19.1 Å². The summed E-state index contributed by atoms with van der Waals surface area (Å²) in [6.45, 7) is 2.00. The number of hydrogen-bond donors (Lipinski definition) is 0. The Balaban J connectivity index is 2.19. The zero-order valence-electron chi connectivity index (χ0n) is 12.3. The molecule has 1 amide bonds. The summed E-state index contributed by atoms with van der Waals surface area (Å²) in [5, 5.41) is 0.442. The van der Waals surface area contributed by atoms with Crippen molar-refractivity contribution in [2.45, 2.75) is 13.3 Å². The lowest BCUT2D eigenvalue weighted by molar-refractivity contribution is -0.117. The van der Waals surface area contributed by atoms with Crippen molar-refractivity contribution in [1.29, 1.82) is 0 Å². The van der Waals surface area contributed by atoms with Crippen molar-refractivity contribution in [3.63, 3.8) is 0 Å². The van der Waals surface area contributed by atoms with Gasteiger partial charge in [-0.15, -0.1) is 0 Å². The van der Waals surface area contributed by atoms with Gasteiger partial charge in [-0.3, -0.25) is 9.59 Å². The van der Waals surface area contributed by atoms with E-state index < -0.39 is 5.97 Å². The Morgan fingerprint density at radius 2 is 2.18 bits per heavy atom. The molecule has 0 aliphatic carbocycles. The Morgan fingerprint density at radius 3 is 2.82 bits per heavy atom. The van der Waals surface area contributed by atoms with Crippen molar-refractivity contribution in [2.75, 3.05) is 24.3 Å². The largest absolute Gasteiger partial charge is 0.465 e. The Hall–Kier alpha value is -1.53. The summed E-state index contributed by atoms with van der Waals surface area (Å²) in [5.74, 6) is 0.164.